The first-order valence-electron chi connectivity index (χ1n) is 4.11. The number of fused-ring (bicyclic) bond motifs is 1. The third-order valence-corrected chi connectivity index (χ3v) is 5.69. The standard InChI is InChI=1S/C8H6Br2F4O2/c1-15-3-4(16-2)6(12)5(3,11)7(9,13)8(6,10)14/h1-2H3/t5?,6?,7-,8-/m0/s1. The summed E-state index contributed by atoms with van der Waals surface area (Å²) in [5.41, 5.74) is -6.48. The Kier molecular flexibility index (Phi) is 2.25. The molecule has 0 spiro atoms. The highest BCUT2D eigenvalue weighted by Gasteiger charge is 3.02. The van der Waals surface area contributed by atoms with E-state index in [4.69, 9.17) is 0 Å². The maximum absolute atomic E-state index is 14.1. The van der Waals surface area contributed by atoms with E-state index in [1.54, 1.807) is 0 Å². The highest BCUT2D eigenvalue weighted by molar-refractivity contribution is 9.13. The molecule has 16 heavy (non-hydrogen) atoms. The van der Waals surface area contributed by atoms with Gasteiger partial charge in [-0.25, -0.2) is 17.6 Å². The lowest BCUT2D eigenvalue weighted by Crippen LogP contribution is -2.90. The first-order valence-corrected chi connectivity index (χ1v) is 5.69. The Morgan fingerprint density at radius 2 is 1.06 bits per heavy atom. The average molecular weight is 370 g/mol. The molecule has 0 aromatic rings. The summed E-state index contributed by atoms with van der Waals surface area (Å²) in [4.78, 5) is 0. The molecule has 2 aliphatic carbocycles. The minimum atomic E-state index is -3.25. The Labute approximate surface area is 105 Å². The SMILES string of the molecule is COC1=C(OC)C2(F)C1(F)[C@@](F)(Br)[C@]2(F)Br. The lowest BCUT2D eigenvalue weighted by Gasteiger charge is -2.66. The van der Waals surface area contributed by atoms with Crippen LogP contribution in [0.1, 0.15) is 0 Å². The largest absolute Gasteiger partial charge is 0.494 e. The summed E-state index contributed by atoms with van der Waals surface area (Å²) in [6.07, 6.45) is 0. The van der Waals surface area contributed by atoms with Gasteiger partial charge in [-0.3, -0.25) is 0 Å². The minimum Gasteiger partial charge on any atom is -0.494 e. The van der Waals surface area contributed by atoms with Gasteiger partial charge < -0.3 is 9.47 Å². The summed E-state index contributed by atoms with van der Waals surface area (Å²) in [5, 5.41) is 0. The third-order valence-electron chi connectivity index (χ3n) is 2.97. The van der Waals surface area contributed by atoms with Crippen LogP contribution in [0.25, 0.3) is 0 Å². The van der Waals surface area contributed by atoms with Gasteiger partial charge in [0.25, 0.3) is 20.5 Å². The number of rotatable bonds is 2. The maximum Gasteiger partial charge on any atom is 0.264 e. The summed E-state index contributed by atoms with van der Waals surface area (Å²) < 4.78 is 58.3. The van der Waals surface area contributed by atoms with E-state index in [0.717, 1.165) is 14.2 Å². The van der Waals surface area contributed by atoms with Crippen molar-refractivity contribution in [1.82, 2.24) is 0 Å². The molecule has 2 unspecified atom stereocenters. The van der Waals surface area contributed by atoms with E-state index in [-0.39, 0.29) is 0 Å². The fourth-order valence-corrected chi connectivity index (χ4v) is 3.57. The molecule has 0 aliphatic heterocycles. The molecule has 0 N–H and O–H groups in total. The van der Waals surface area contributed by atoms with Gasteiger partial charge in [-0.2, -0.15) is 0 Å². The number of hydrogen-bond acceptors (Lipinski definition) is 2. The minimum absolute atomic E-state index is 0.690. The summed E-state index contributed by atoms with van der Waals surface area (Å²) >= 11 is 4.40. The van der Waals surface area contributed by atoms with Crippen molar-refractivity contribution in [2.45, 2.75) is 20.5 Å². The van der Waals surface area contributed by atoms with Gasteiger partial charge in [-0.05, 0) is 31.9 Å². The fourth-order valence-electron chi connectivity index (χ4n) is 2.12. The zero-order valence-corrected chi connectivity index (χ0v) is 11.3. The summed E-state index contributed by atoms with van der Waals surface area (Å²) in [6.45, 7) is 0. The Morgan fingerprint density at radius 1 is 0.812 bits per heavy atom. The van der Waals surface area contributed by atoms with Crippen molar-refractivity contribution in [2.75, 3.05) is 14.2 Å². The first-order chi connectivity index (χ1) is 7.14. The molecule has 2 aliphatic rings. The van der Waals surface area contributed by atoms with Gasteiger partial charge in [0, 0.05) is 0 Å². The predicted molar refractivity (Wildman–Crippen MR) is 54.3 cm³/mol. The van der Waals surface area contributed by atoms with Crippen molar-refractivity contribution in [3.05, 3.63) is 11.5 Å². The van der Waals surface area contributed by atoms with Crippen molar-refractivity contribution in [2.24, 2.45) is 0 Å². The van der Waals surface area contributed by atoms with Crippen LogP contribution in [0.4, 0.5) is 17.6 Å². The average Bonchev–Trinajstić information content (AvgIpc) is 2.21. The summed E-state index contributed by atoms with van der Waals surface area (Å²) in [5.74, 6) is -1.38. The molecule has 8 heteroatoms. The van der Waals surface area contributed by atoms with Gasteiger partial charge in [0.2, 0.25) is 0 Å². The van der Waals surface area contributed by atoms with Gasteiger partial charge in [0.05, 0.1) is 14.2 Å². The fraction of sp³-hybridized carbons (Fsp3) is 0.750. The van der Waals surface area contributed by atoms with Crippen molar-refractivity contribution < 1.29 is 27.0 Å². The van der Waals surface area contributed by atoms with Gasteiger partial charge in [0.15, 0.2) is 11.5 Å². The van der Waals surface area contributed by atoms with Crippen LogP contribution in [0.3, 0.4) is 0 Å². The van der Waals surface area contributed by atoms with Gasteiger partial charge >= 0.3 is 0 Å². The molecule has 0 aromatic heterocycles. The molecular formula is C8H6Br2F4O2. The van der Waals surface area contributed by atoms with E-state index in [1.165, 1.54) is 0 Å². The third kappa shape index (κ3) is 0.757. The van der Waals surface area contributed by atoms with Crippen molar-refractivity contribution in [1.29, 1.82) is 0 Å². The molecular weight excluding hydrogens is 364 g/mol. The molecule has 0 heterocycles. The number of ether oxygens (including phenoxy) is 2. The highest BCUT2D eigenvalue weighted by atomic mass is 79.9. The van der Waals surface area contributed by atoms with E-state index in [2.05, 4.69) is 41.3 Å². The van der Waals surface area contributed by atoms with Crippen LogP contribution in [-0.4, -0.2) is 34.7 Å². The van der Waals surface area contributed by atoms with Crippen LogP contribution in [0.15, 0.2) is 11.5 Å². The Hall–Kier alpha value is 0.0200. The monoisotopic (exact) mass is 368 g/mol. The molecule has 0 amide bonds. The number of hydrogen-bond donors (Lipinski definition) is 0. The Morgan fingerprint density at radius 3 is 1.25 bits per heavy atom. The molecule has 1 saturated carbocycles. The van der Waals surface area contributed by atoms with Gasteiger partial charge in [-0.1, -0.05) is 0 Å². The van der Waals surface area contributed by atoms with E-state index >= 15 is 0 Å². The molecule has 0 aromatic carbocycles. The normalized spacial score (nSPS) is 55.0. The maximum atomic E-state index is 14.1. The highest BCUT2D eigenvalue weighted by Crippen LogP contribution is 2.81. The van der Waals surface area contributed by atoms with Gasteiger partial charge in [0.1, 0.15) is 0 Å². The van der Waals surface area contributed by atoms with Crippen LogP contribution in [0.2, 0.25) is 0 Å². The number of methoxy groups -OCH3 is 2. The van der Waals surface area contributed by atoms with Crippen LogP contribution in [0, 0.1) is 0 Å². The van der Waals surface area contributed by atoms with Gasteiger partial charge in [-0.15, -0.1) is 0 Å². The number of alkyl halides is 6. The summed E-state index contributed by atoms with van der Waals surface area (Å²) in [6, 6.07) is 0. The molecule has 0 bridgehead atoms. The quantitative estimate of drug-likeness (QED) is 0.550. The molecule has 2 nitrogen and oxygen atoms in total. The second-order valence-electron chi connectivity index (χ2n) is 3.53. The second kappa shape index (κ2) is 2.88. The van der Waals surface area contributed by atoms with Crippen LogP contribution in [-0.2, 0) is 9.47 Å². The van der Waals surface area contributed by atoms with E-state index in [1.807, 2.05) is 0 Å². The lowest BCUT2D eigenvalue weighted by atomic mass is 9.54. The predicted octanol–water partition coefficient (Wildman–Crippen LogP) is 3.06. The molecule has 0 saturated heterocycles. The molecule has 4 atom stereocenters. The van der Waals surface area contributed by atoms with Crippen molar-refractivity contribution >= 4 is 31.9 Å². The zero-order chi connectivity index (χ0) is 12.6. The van der Waals surface area contributed by atoms with Crippen molar-refractivity contribution in [3.8, 4) is 0 Å². The lowest BCUT2D eigenvalue weighted by molar-refractivity contribution is -0.287. The summed E-state index contributed by atoms with van der Waals surface area (Å²) in [7, 11) is 2.04. The molecule has 0 radical (unpaired) electrons. The first kappa shape index (κ1) is 12.5. The van der Waals surface area contributed by atoms with E-state index < -0.39 is 32.0 Å². The number of allylic oxidation sites excluding steroid dienone is 2. The Balaban J connectivity index is 2.63. The van der Waals surface area contributed by atoms with Crippen LogP contribution in [0.5, 0.6) is 0 Å². The molecule has 1 fully saturated rings. The topological polar surface area (TPSA) is 18.5 Å². The smallest absolute Gasteiger partial charge is 0.264 e. The number of halogens is 6. The zero-order valence-electron chi connectivity index (χ0n) is 8.08. The Bertz CT molecular complexity index is 361. The van der Waals surface area contributed by atoms with Crippen LogP contribution >= 0.6 is 31.9 Å². The van der Waals surface area contributed by atoms with E-state index in [0.29, 0.717) is 0 Å². The van der Waals surface area contributed by atoms with Crippen molar-refractivity contribution in [3.63, 3.8) is 0 Å². The molecule has 92 valence electrons. The van der Waals surface area contributed by atoms with E-state index in [9.17, 15) is 17.6 Å². The second-order valence-corrected chi connectivity index (χ2v) is 5.72. The van der Waals surface area contributed by atoms with Crippen LogP contribution < -0.4 is 0 Å². The molecule has 2 rings (SSSR count).